The summed E-state index contributed by atoms with van der Waals surface area (Å²) >= 11 is 0. The van der Waals surface area contributed by atoms with Crippen molar-refractivity contribution in [1.29, 1.82) is 0 Å². The second-order valence-corrected chi connectivity index (χ2v) is 5.64. The standard InChI is InChI=1S/C16H24N2O2/c1-10(2)16-18-14-7-13(6-11(3)15(14)20-16)9-17-8-12(4)19-5/h6-7,10,12,17H,8-9H2,1-5H3/t12-/m0/s1. The van der Waals surface area contributed by atoms with E-state index in [1.807, 2.05) is 6.92 Å². The Morgan fingerprint density at radius 3 is 2.70 bits per heavy atom. The smallest absolute Gasteiger partial charge is 0.198 e. The molecular weight excluding hydrogens is 252 g/mol. The predicted octanol–water partition coefficient (Wildman–Crippen LogP) is 3.38. The molecule has 4 nitrogen and oxygen atoms in total. The molecule has 0 aliphatic rings. The Morgan fingerprint density at radius 2 is 2.05 bits per heavy atom. The van der Waals surface area contributed by atoms with Gasteiger partial charge >= 0.3 is 0 Å². The van der Waals surface area contributed by atoms with Crippen molar-refractivity contribution >= 4 is 11.1 Å². The van der Waals surface area contributed by atoms with Gasteiger partial charge in [-0.15, -0.1) is 0 Å². The third kappa shape index (κ3) is 3.38. The highest BCUT2D eigenvalue weighted by Crippen LogP contribution is 2.25. The Morgan fingerprint density at radius 1 is 1.30 bits per heavy atom. The zero-order valence-electron chi connectivity index (χ0n) is 13.0. The first-order valence-corrected chi connectivity index (χ1v) is 7.14. The van der Waals surface area contributed by atoms with Gasteiger partial charge in [0.15, 0.2) is 11.5 Å². The number of oxazole rings is 1. The summed E-state index contributed by atoms with van der Waals surface area (Å²) in [6.45, 7) is 9.95. The first kappa shape index (κ1) is 15.0. The quantitative estimate of drug-likeness (QED) is 0.878. The zero-order chi connectivity index (χ0) is 14.7. The van der Waals surface area contributed by atoms with Crippen molar-refractivity contribution in [3.05, 3.63) is 29.2 Å². The van der Waals surface area contributed by atoms with E-state index in [4.69, 9.17) is 9.15 Å². The molecule has 1 aromatic carbocycles. The first-order chi connectivity index (χ1) is 9.51. The van der Waals surface area contributed by atoms with E-state index in [-0.39, 0.29) is 6.10 Å². The van der Waals surface area contributed by atoms with Crippen LogP contribution in [0.15, 0.2) is 16.5 Å². The molecule has 2 rings (SSSR count). The van der Waals surface area contributed by atoms with Crippen LogP contribution in [-0.2, 0) is 11.3 Å². The van der Waals surface area contributed by atoms with E-state index in [1.165, 1.54) is 5.56 Å². The molecular formula is C16H24N2O2. The summed E-state index contributed by atoms with van der Waals surface area (Å²) in [6, 6.07) is 4.25. The maximum Gasteiger partial charge on any atom is 0.198 e. The van der Waals surface area contributed by atoms with Gasteiger partial charge in [0.25, 0.3) is 0 Å². The molecule has 0 radical (unpaired) electrons. The lowest BCUT2D eigenvalue weighted by molar-refractivity contribution is 0.117. The maximum atomic E-state index is 5.82. The number of fused-ring (bicyclic) bond motifs is 1. The van der Waals surface area contributed by atoms with E-state index in [9.17, 15) is 0 Å². The highest BCUT2D eigenvalue weighted by Gasteiger charge is 2.12. The van der Waals surface area contributed by atoms with E-state index < -0.39 is 0 Å². The number of aryl methyl sites for hydroxylation is 1. The maximum absolute atomic E-state index is 5.82. The lowest BCUT2D eigenvalue weighted by Gasteiger charge is -2.10. The summed E-state index contributed by atoms with van der Waals surface area (Å²) in [5.41, 5.74) is 4.22. The molecule has 0 spiro atoms. The average molecular weight is 276 g/mol. The number of benzene rings is 1. The van der Waals surface area contributed by atoms with Gasteiger partial charge in [0.1, 0.15) is 5.52 Å². The van der Waals surface area contributed by atoms with Crippen LogP contribution in [0.3, 0.4) is 0 Å². The Labute approximate surface area is 120 Å². The predicted molar refractivity (Wildman–Crippen MR) is 81.0 cm³/mol. The SMILES string of the molecule is CO[C@@H](C)CNCc1cc(C)c2oc(C(C)C)nc2c1. The number of aromatic nitrogens is 1. The van der Waals surface area contributed by atoms with Gasteiger partial charge in [0.2, 0.25) is 0 Å². The molecule has 0 saturated heterocycles. The Bertz CT molecular complexity index is 575. The van der Waals surface area contributed by atoms with Gasteiger partial charge in [-0.2, -0.15) is 0 Å². The summed E-state index contributed by atoms with van der Waals surface area (Å²) in [4.78, 5) is 4.57. The summed E-state index contributed by atoms with van der Waals surface area (Å²) < 4.78 is 11.0. The minimum Gasteiger partial charge on any atom is -0.440 e. The van der Waals surface area contributed by atoms with E-state index in [1.54, 1.807) is 7.11 Å². The molecule has 0 unspecified atom stereocenters. The Balaban J connectivity index is 2.15. The first-order valence-electron chi connectivity index (χ1n) is 7.14. The van der Waals surface area contributed by atoms with Crippen LogP contribution in [0, 0.1) is 6.92 Å². The van der Waals surface area contributed by atoms with Crippen LogP contribution in [0.5, 0.6) is 0 Å². The third-order valence-corrected chi connectivity index (χ3v) is 3.41. The Hall–Kier alpha value is -1.39. The number of hydrogen-bond acceptors (Lipinski definition) is 4. The molecule has 0 saturated carbocycles. The molecule has 4 heteroatoms. The van der Waals surface area contributed by atoms with Crippen molar-refractivity contribution in [3.63, 3.8) is 0 Å². The van der Waals surface area contributed by atoms with E-state index in [0.29, 0.717) is 5.92 Å². The van der Waals surface area contributed by atoms with Crippen LogP contribution in [0.2, 0.25) is 0 Å². The highest BCUT2D eigenvalue weighted by molar-refractivity contribution is 5.77. The monoisotopic (exact) mass is 276 g/mol. The van der Waals surface area contributed by atoms with Crippen LogP contribution in [0.25, 0.3) is 11.1 Å². The molecule has 0 aliphatic carbocycles. The number of nitrogens with zero attached hydrogens (tertiary/aromatic N) is 1. The lowest BCUT2D eigenvalue weighted by Crippen LogP contribution is -2.25. The molecule has 0 bridgehead atoms. The number of rotatable bonds is 6. The largest absolute Gasteiger partial charge is 0.440 e. The average Bonchev–Trinajstić information content (AvgIpc) is 2.83. The second kappa shape index (κ2) is 6.37. The van der Waals surface area contributed by atoms with Gasteiger partial charge in [0, 0.05) is 26.1 Å². The van der Waals surface area contributed by atoms with Gasteiger partial charge in [-0.1, -0.05) is 19.9 Å². The van der Waals surface area contributed by atoms with Crippen LogP contribution >= 0.6 is 0 Å². The van der Waals surface area contributed by atoms with E-state index in [2.05, 4.69) is 43.2 Å². The molecule has 1 N–H and O–H groups in total. The number of methoxy groups -OCH3 is 1. The van der Waals surface area contributed by atoms with Crippen LogP contribution in [0.1, 0.15) is 43.7 Å². The van der Waals surface area contributed by atoms with Crippen molar-refractivity contribution in [1.82, 2.24) is 10.3 Å². The molecule has 1 aromatic heterocycles. The van der Waals surface area contributed by atoms with Crippen LogP contribution in [-0.4, -0.2) is 24.7 Å². The number of ether oxygens (including phenoxy) is 1. The summed E-state index contributed by atoms with van der Waals surface area (Å²) in [6.07, 6.45) is 0.222. The van der Waals surface area contributed by atoms with Gasteiger partial charge in [-0.3, -0.25) is 0 Å². The molecule has 1 atom stereocenters. The van der Waals surface area contributed by atoms with Crippen molar-refractivity contribution in [3.8, 4) is 0 Å². The van der Waals surface area contributed by atoms with Gasteiger partial charge in [0.05, 0.1) is 6.10 Å². The van der Waals surface area contributed by atoms with Crippen LogP contribution in [0.4, 0.5) is 0 Å². The minimum atomic E-state index is 0.222. The fraction of sp³-hybridized carbons (Fsp3) is 0.562. The second-order valence-electron chi connectivity index (χ2n) is 5.64. The molecule has 0 fully saturated rings. The van der Waals surface area contributed by atoms with Crippen LogP contribution < -0.4 is 5.32 Å². The van der Waals surface area contributed by atoms with Gasteiger partial charge in [-0.05, 0) is 31.0 Å². The normalized spacial score (nSPS) is 13.3. The summed E-state index contributed by atoms with van der Waals surface area (Å²) in [7, 11) is 1.73. The fourth-order valence-electron chi connectivity index (χ4n) is 2.14. The topological polar surface area (TPSA) is 47.3 Å². The zero-order valence-corrected chi connectivity index (χ0v) is 13.0. The molecule has 20 heavy (non-hydrogen) atoms. The Kier molecular flexibility index (Phi) is 4.78. The van der Waals surface area contributed by atoms with Gasteiger partial charge < -0.3 is 14.5 Å². The van der Waals surface area contributed by atoms with Crippen molar-refractivity contribution in [2.24, 2.45) is 0 Å². The lowest BCUT2D eigenvalue weighted by atomic mass is 10.1. The highest BCUT2D eigenvalue weighted by atomic mass is 16.5. The van der Waals surface area contributed by atoms with E-state index in [0.717, 1.165) is 35.6 Å². The molecule has 110 valence electrons. The summed E-state index contributed by atoms with van der Waals surface area (Å²) in [5.74, 6) is 1.12. The molecule has 1 heterocycles. The minimum absolute atomic E-state index is 0.222. The van der Waals surface area contributed by atoms with Crippen molar-refractivity contribution < 1.29 is 9.15 Å². The number of nitrogens with one attached hydrogen (secondary N) is 1. The van der Waals surface area contributed by atoms with E-state index >= 15 is 0 Å². The van der Waals surface area contributed by atoms with Crippen molar-refractivity contribution in [2.75, 3.05) is 13.7 Å². The van der Waals surface area contributed by atoms with Crippen molar-refractivity contribution in [2.45, 2.75) is 46.3 Å². The third-order valence-electron chi connectivity index (χ3n) is 3.41. The van der Waals surface area contributed by atoms with Gasteiger partial charge in [-0.25, -0.2) is 4.98 Å². The fourth-order valence-corrected chi connectivity index (χ4v) is 2.14. The molecule has 0 aliphatic heterocycles. The number of hydrogen-bond donors (Lipinski definition) is 1. The summed E-state index contributed by atoms with van der Waals surface area (Å²) in [5, 5.41) is 3.39. The molecule has 2 aromatic rings. The molecule has 0 amide bonds.